The van der Waals surface area contributed by atoms with Gasteiger partial charge in [-0.3, -0.25) is 14.9 Å². The van der Waals surface area contributed by atoms with Crippen molar-refractivity contribution < 1.29 is 18.7 Å². The number of rotatable bonds is 10. The minimum Gasteiger partial charge on any atom is -0.507 e. The van der Waals surface area contributed by atoms with E-state index in [9.17, 15) is 9.67 Å². The van der Waals surface area contributed by atoms with Gasteiger partial charge in [0.15, 0.2) is 0 Å². The molecule has 0 fully saturated rings. The molecule has 1 aromatic carbocycles. The Kier molecular flexibility index (Phi) is 9.29. The van der Waals surface area contributed by atoms with Crippen molar-refractivity contribution in [2.75, 3.05) is 19.8 Å². The summed E-state index contributed by atoms with van der Waals surface area (Å²) in [6, 6.07) is 9.69. The minimum atomic E-state index is -3.55. The van der Waals surface area contributed by atoms with Gasteiger partial charge in [-0.15, -0.1) is 0 Å². The van der Waals surface area contributed by atoms with E-state index in [1.54, 1.807) is 6.20 Å². The molecule has 1 heterocycles. The van der Waals surface area contributed by atoms with Crippen molar-refractivity contribution in [2.24, 2.45) is 0 Å². The van der Waals surface area contributed by atoms with Crippen molar-refractivity contribution in [3.8, 4) is 5.75 Å². The van der Waals surface area contributed by atoms with E-state index in [4.69, 9.17) is 9.05 Å². The molecule has 0 radical (unpaired) electrons. The Hall–Kier alpha value is -1.72. The average molecular weight is 477 g/mol. The highest BCUT2D eigenvalue weighted by molar-refractivity contribution is 7.54. The average Bonchev–Trinajstić information content (AvgIpc) is 2.71. The second kappa shape index (κ2) is 11.1. The van der Waals surface area contributed by atoms with Crippen LogP contribution in [0.15, 0.2) is 36.5 Å². The van der Waals surface area contributed by atoms with Crippen LogP contribution in [0.1, 0.15) is 83.6 Å². The van der Waals surface area contributed by atoms with Gasteiger partial charge in [-0.2, -0.15) is 0 Å². The van der Waals surface area contributed by atoms with Crippen molar-refractivity contribution in [1.82, 2.24) is 10.3 Å². The predicted octanol–water partition coefficient (Wildman–Crippen LogP) is 6.48. The van der Waals surface area contributed by atoms with Gasteiger partial charge < -0.3 is 14.2 Å². The molecule has 33 heavy (non-hydrogen) atoms. The van der Waals surface area contributed by atoms with E-state index in [1.807, 2.05) is 44.2 Å². The Balaban J connectivity index is 2.60. The van der Waals surface area contributed by atoms with Crippen molar-refractivity contribution in [3.05, 3.63) is 58.9 Å². The first-order valence-corrected chi connectivity index (χ1v) is 13.3. The fourth-order valence-corrected chi connectivity index (χ4v) is 5.76. The number of phenols is 1. The number of nitrogens with one attached hydrogen (secondary N) is 1. The van der Waals surface area contributed by atoms with Crippen LogP contribution in [0.5, 0.6) is 5.75 Å². The molecule has 0 spiro atoms. The molecule has 1 aromatic heterocycles. The summed E-state index contributed by atoms with van der Waals surface area (Å²) in [6.07, 6.45) is 2.44. The molecule has 2 aromatic rings. The molecule has 7 heteroatoms. The van der Waals surface area contributed by atoms with Gasteiger partial charge in [0, 0.05) is 24.9 Å². The lowest BCUT2D eigenvalue weighted by Gasteiger charge is -2.32. The maximum atomic E-state index is 14.0. The lowest BCUT2D eigenvalue weighted by molar-refractivity contribution is 0.207. The summed E-state index contributed by atoms with van der Waals surface area (Å²) in [6.45, 7) is 17.1. The van der Waals surface area contributed by atoms with Gasteiger partial charge in [0.25, 0.3) is 0 Å². The standard InChI is InChI=1S/C26H41N2O4P/c1-9-31-33(30,32-10-2)24(28-16-14-20-13-11-12-15-27-20)19-17-21(25(3,4)5)23(29)22(18-19)26(6,7)8/h11-13,15,17-18,24,28-29H,9-10,14,16H2,1-8H3. The van der Waals surface area contributed by atoms with E-state index < -0.39 is 13.4 Å². The van der Waals surface area contributed by atoms with Crippen molar-refractivity contribution in [1.29, 1.82) is 0 Å². The van der Waals surface area contributed by atoms with Gasteiger partial charge in [0.05, 0.1) is 13.2 Å². The quantitative estimate of drug-likeness (QED) is 0.382. The molecule has 6 nitrogen and oxygen atoms in total. The SMILES string of the molecule is CCOP(=O)(OCC)C(NCCc1ccccn1)c1cc(C(C)(C)C)c(O)c(C(C)(C)C)c1. The topological polar surface area (TPSA) is 80.7 Å². The van der Waals surface area contributed by atoms with E-state index in [-0.39, 0.29) is 29.8 Å². The summed E-state index contributed by atoms with van der Waals surface area (Å²) >= 11 is 0. The molecular formula is C26H41N2O4P. The first-order chi connectivity index (χ1) is 15.3. The largest absolute Gasteiger partial charge is 0.507 e. The zero-order valence-corrected chi connectivity index (χ0v) is 22.3. The van der Waals surface area contributed by atoms with Crippen molar-refractivity contribution in [2.45, 2.75) is 78.4 Å². The molecule has 0 bridgehead atoms. The van der Waals surface area contributed by atoms with Crippen LogP contribution >= 0.6 is 7.60 Å². The van der Waals surface area contributed by atoms with E-state index in [1.165, 1.54) is 0 Å². The Labute approximate surface area is 199 Å². The Morgan fingerprint density at radius 2 is 1.55 bits per heavy atom. The van der Waals surface area contributed by atoms with Crippen LogP contribution in [0.3, 0.4) is 0 Å². The van der Waals surface area contributed by atoms with Crippen LogP contribution in [0, 0.1) is 0 Å². The fourth-order valence-electron chi connectivity index (χ4n) is 3.80. The molecule has 2 rings (SSSR count). The molecule has 2 N–H and O–H groups in total. The molecule has 1 unspecified atom stereocenters. The molecule has 0 aliphatic carbocycles. The normalized spacial score (nSPS) is 13.8. The number of hydrogen-bond donors (Lipinski definition) is 2. The van der Waals surface area contributed by atoms with E-state index in [0.717, 1.165) is 22.4 Å². The number of aromatic hydroxyl groups is 1. The van der Waals surface area contributed by atoms with Gasteiger partial charge in [-0.1, -0.05) is 47.6 Å². The summed E-state index contributed by atoms with van der Waals surface area (Å²) in [5.74, 6) is -0.391. The van der Waals surface area contributed by atoms with Crippen molar-refractivity contribution >= 4 is 7.60 Å². The smallest absolute Gasteiger partial charge is 0.351 e. The van der Waals surface area contributed by atoms with Crippen LogP contribution in [0.2, 0.25) is 0 Å². The third-order valence-electron chi connectivity index (χ3n) is 5.44. The lowest BCUT2D eigenvalue weighted by atomic mass is 9.78. The molecule has 0 saturated carbocycles. The highest BCUT2D eigenvalue weighted by Gasteiger charge is 2.38. The molecule has 1 atom stereocenters. The number of pyridine rings is 1. The second-order valence-electron chi connectivity index (χ2n) is 10.3. The second-order valence-corrected chi connectivity index (χ2v) is 12.4. The molecule has 0 aliphatic rings. The van der Waals surface area contributed by atoms with E-state index in [0.29, 0.717) is 13.0 Å². The van der Waals surface area contributed by atoms with Crippen LogP contribution in [-0.2, 0) is 30.9 Å². The van der Waals surface area contributed by atoms with Crippen LogP contribution in [0.4, 0.5) is 0 Å². The monoisotopic (exact) mass is 476 g/mol. The zero-order chi connectivity index (χ0) is 24.9. The maximum absolute atomic E-state index is 14.0. The first-order valence-electron chi connectivity index (χ1n) is 11.7. The summed E-state index contributed by atoms with van der Waals surface area (Å²) in [7, 11) is -3.55. The molecule has 0 saturated heterocycles. The predicted molar refractivity (Wildman–Crippen MR) is 135 cm³/mol. The third-order valence-corrected chi connectivity index (χ3v) is 7.79. The van der Waals surface area contributed by atoms with Crippen LogP contribution in [-0.4, -0.2) is 29.8 Å². The lowest BCUT2D eigenvalue weighted by Crippen LogP contribution is -2.27. The fraction of sp³-hybridized carbons (Fsp3) is 0.577. The van der Waals surface area contributed by atoms with Crippen molar-refractivity contribution in [3.63, 3.8) is 0 Å². The van der Waals surface area contributed by atoms with Gasteiger partial charge >= 0.3 is 7.60 Å². The number of nitrogens with zero attached hydrogens (tertiary/aromatic N) is 1. The highest BCUT2D eigenvalue weighted by atomic mass is 31.2. The van der Waals surface area contributed by atoms with E-state index in [2.05, 4.69) is 51.8 Å². The summed E-state index contributed by atoms with van der Waals surface area (Å²) < 4.78 is 25.5. The number of benzene rings is 1. The number of hydrogen-bond acceptors (Lipinski definition) is 6. The molecule has 0 aliphatic heterocycles. The van der Waals surface area contributed by atoms with Gasteiger partial charge in [-0.05, 0) is 65.6 Å². The molecule has 0 amide bonds. The Morgan fingerprint density at radius 3 is 1.97 bits per heavy atom. The zero-order valence-electron chi connectivity index (χ0n) is 21.4. The minimum absolute atomic E-state index is 0.270. The van der Waals surface area contributed by atoms with Gasteiger partial charge in [0.1, 0.15) is 11.5 Å². The molecular weight excluding hydrogens is 435 g/mol. The first kappa shape index (κ1) is 27.5. The van der Waals surface area contributed by atoms with Gasteiger partial charge in [-0.25, -0.2) is 0 Å². The molecule has 184 valence electrons. The summed E-state index contributed by atoms with van der Waals surface area (Å²) in [5.41, 5.74) is 2.73. The maximum Gasteiger partial charge on any atom is 0.351 e. The van der Waals surface area contributed by atoms with Crippen LogP contribution < -0.4 is 5.32 Å². The summed E-state index contributed by atoms with van der Waals surface area (Å²) in [4.78, 5) is 4.38. The number of aromatic nitrogens is 1. The number of phenolic OH excluding ortho intramolecular Hbond substituents is 1. The Morgan fingerprint density at radius 1 is 1.00 bits per heavy atom. The highest BCUT2D eigenvalue weighted by Crippen LogP contribution is 2.60. The van der Waals surface area contributed by atoms with E-state index >= 15 is 0 Å². The van der Waals surface area contributed by atoms with Gasteiger partial charge in [0.2, 0.25) is 0 Å². The van der Waals surface area contributed by atoms with Crippen LogP contribution in [0.25, 0.3) is 0 Å². The summed E-state index contributed by atoms with van der Waals surface area (Å²) in [5, 5.41) is 14.6. The Bertz CT molecular complexity index is 904. The third kappa shape index (κ3) is 7.13.